The fourth-order valence-electron chi connectivity index (χ4n) is 2.74. The minimum Gasteiger partial charge on any atom is -0.478 e. The number of carbonyl (C=O) groups is 1. The summed E-state index contributed by atoms with van der Waals surface area (Å²) in [5.41, 5.74) is 0.829. The standard InChI is InChI=1S/C17H18O9/c18-7-11-13(21)14(22)15(23)17(25-11)26-16-8(2-4-12(19)20)1-3-10-9(16)5-6-24-10/h1-6,11,13-15,17-18,21-23H,7H2,(H,19,20)/t11-,13-,14+,15-,17+/m0/s1. The molecule has 1 aromatic carbocycles. The van der Waals surface area contributed by atoms with Crippen LogP contribution in [0, 0.1) is 0 Å². The first-order valence-corrected chi connectivity index (χ1v) is 7.80. The molecule has 1 fully saturated rings. The third-order valence-corrected chi connectivity index (χ3v) is 4.10. The molecule has 9 heteroatoms. The summed E-state index contributed by atoms with van der Waals surface area (Å²) in [6, 6.07) is 4.77. The first kappa shape index (κ1) is 18.4. The van der Waals surface area contributed by atoms with E-state index in [1.54, 1.807) is 18.2 Å². The van der Waals surface area contributed by atoms with Crippen LogP contribution in [0.1, 0.15) is 5.56 Å². The molecule has 1 aliphatic heterocycles. The summed E-state index contributed by atoms with van der Waals surface area (Å²) in [4.78, 5) is 10.8. The second kappa shape index (κ2) is 7.44. The average Bonchev–Trinajstić information content (AvgIpc) is 3.10. The van der Waals surface area contributed by atoms with Crippen LogP contribution in [0.4, 0.5) is 0 Å². The minimum absolute atomic E-state index is 0.165. The van der Waals surface area contributed by atoms with Crippen molar-refractivity contribution < 1.29 is 44.2 Å². The van der Waals surface area contributed by atoms with E-state index < -0.39 is 43.3 Å². The number of ether oxygens (including phenoxy) is 2. The Hall–Kier alpha value is -2.43. The lowest BCUT2D eigenvalue weighted by atomic mass is 9.99. The van der Waals surface area contributed by atoms with Crippen molar-refractivity contribution in [3.8, 4) is 5.75 Å². The molecule has 3 rings (SSSR count). The van der Waals surface area contributed by atoms with E-state index >= 15 is 0 Å². The molecule has 0 aliphatic carbocycles. The van der Waals surface area contributed by atoms with Crippen molar-refractivity contribution in [3.05, 3.63) is 36.1 Å². The maximum Gasteiger partial charge on any atom is 0.328 e. The van der Waals surface area contributed by atoms with E-state index in [0.29, 0.717) is 16.5 Å². The van der Waals surface area contributed by atoms with Crippen LogP contribution in [0.15, 0.2) is 35.0 Å². The van der Waals surface area contributed by atoms with Gasteiger partial charge in [-0.3, -0.25) is 0 Å². The topological polar surface area (TPSA) is 150 Å². The average molecular weight is 366 g/mol. The first-order valence-electron chi connectivity index (χ1n) is 7.80. The Morgan fingerprint density at radius 3 is 2.62 bits per heavy atom. The van der Waals surface area contributed by atoms with Crippen molar-refractivity contribution >= 4 is 23.0 Å². The van der Waals surface area contributed by atoms with Gasteiger partial charge in [0.2, 0.25) is 6.29 Å². The largest absolute Gasteiger partial charge is 0.478 e. The van der Waals surface area contributed by atoms with Crippen LogP contribution in [-0.2, 0) is 9.53 Å². The summed E-state index contributed by atoms with van der Waals surface area (Å²) in [5.74, 6) is -0.992. The van der Waals surface area contributed by atoms with Crippen molar-refractivity contribution in [1.82, 2.24) is 0 Å². The molecule has 9 nitrogen and oxygen atoms in total. The normalized spacial score (nSPS) is 29.3. The van der Waals surface area contributed by atoms with Crippen molar-refractivity contribution in [2.75, 3.05) is 6.61 Å². The molecule has 0 saturated carbocycles. The highest BCUT2D eigenvalue weighted by Gasteiger charge is 2.45. The van der Waals surface area contributed by atoms with Crippen LogP contribution >= 0.6 is 0 Å². The zero-order chi connectivity index (χ0) is 18.8. The molecule has 140 valence electrons. The molecule has 26 heavy (non-hydrogen) atoms. The summed E-state index contributed by atoms with van der Waals surface area (Å²) >= 11 is 0. The minimum atomic E-state index is -1.59. The van der Waals surface area contributed by atoms with Crippen molar-refractivity contribution in [1.29, 1.82) is 0 Å². The highest BCUT2D eigenvalue weighted by molar-refractivity contribution is 5.91. The fraction of sp³-hybridized carbons (Fsp3) is 0.353. The number of aliphatic hydroxyl groups excluding tert-OH is 4. The van der Waals surface area contributed by atoms with Gasteiger partial charge in [0.25, 0.3) is 0 Å². The Balaban J connectivity index is 1.97. The van der Waals surface area contributed by atoms with Crippen molar-refractivity contribution in [3.63, 3.8) is 0 Å². The Bertz CT molecular complexity index is 810. The van der Waals surface area contributed by atoms with E-state index in [0.717, 1.165) is 6.08 Å². The number of benzene rings is 1. The lowest BCUT2D eigenvalue weighted by Crippen LogP contribution is -2.60. The summed E-state index contributed by atoms with van der Waals surface area (Å²) in [5, 5.41) is 48.5. The van der Waals surface area contributed by atoms with Crippen molar-refractivity contribution in [2.24, 2.45) is 0 Å². The quantitative estimate of drug-likeness (QED) is 0.450. The van der Waals surface area contributed by atoms with Crippen LogP contribution in [-0.4, -0.2) is 68.8 Å². The smallest absolute Gasteiger partial charge is 0.328 e. The third kappa shape index (κ3) is 3.43. The number of carboxylic acid groups (broad SMARTS) is 1. The summed E-state index contributed by atoms with van der Waals surface area (Å²) in [6.45, 7) is -0.591. The van der Waals surface area contributed by atoms with Gasteiger partial charge >= 0.3 is 5.97 Å². The molecule has 0 radical (unpaired) electrons. The van der Waals surface area contributed by atoms with Gasteiger partial charge in [-0.1, -0.05) is 0 Å². The Labute approximate surface area is 147 Å². The maximum atomic E-state index is 10.8. The van der Waals surface area contributed by atoms with Crippen LogP contribution in [0.3, 0.4) is 0 Å². The number of aliphatic hydroxyl groups is 4. The van der Waals surface area contributed by atoms with Gasteiger partial charge in [0.1, 0.15) is 35.7 Å². The van der Waals surface area contributed by atoms with E-state index in [4.69, 9.17) is 19.0 Å². The first-order chi connectivity index (χ1) is 12.4. The number of carboxylic acids is 1. The van der Waals surface area contributed by atoms with Gasteiger partial charge in [-0.25, -0.2) is 4.79 Å². The van der Waals surface area contributed by atoms with Gasteiger partial charge in [0, 0.05) is 11.6 Å². The van der Waals surface area contributed by atoms with Gasteiger partial charge in [0.05, 0.1) is 18.3 Å². The van der Waals surface area contributed by atoms with Gasteiger partial charge in [-0.2, -0.15) is 0 Å². The Morgan fingerprint density at radius 2 is 1.92 bits per heavy atom. The van der Waals surface area contributed by atoms with E-state index in [2.05, 4.69) is 0 Å². The molecule has 1 aliphatic rings. The lowest BCUT2D eigenvalue weighted by Gasteiger charge is -2.39. The lowest BCUT2D eigenvalue weighted by molar-refractivity contribution is -0.277. The van der Waals surface area contributed by atoms with Gasteiger partial charge in [-0.05, 0) is 24.3 Å². The predicted octanol–water partition coefficient (Wildman–Crippen LogP) is -0.291. The monoisotopic (exact) mass is 366 g/mol. The Morgan fingerprint density at radius 1 is 1.15 bits per heavy atom. The van der Waals surface area contributed by atoms with Gasteiger partial charge in [0.15, 0.2) is 0 Å². The molecular formula is C17H18O9. The van der Waals surface area contributed by atoms with Crippen LogP contribution in [0.2, 0.25) is 0 Å². The molecule has 1 saturated heterocycles. The Kier molecular flexibility index (Phi) is 5.25. The fourth-order valence-corrected chi connectivity index (χ4v) is 2.74. The molecule has 5 atom stereocenters. The highest BCUT2D eigenvalue weighted by atomic mass is 16.7. The SMILES string of the molecule is O=C(O)C=Cc1ccc2occc2c1O[C@H]1O[C@@H](CO)[C@H](O)[C@@H](O)[C@@H]1O. The van der Waals surface area contributed by atoms with E-state index in [1.807, 2.05) is 0 Å². The number of hydrogen-bond donors (Lipinski definition) is 5. The molecule has 0 amide bonds. The highest BCUT2D eigenvalue weighted by Crippen LogP contribution is 2.34. The molecule has 1 aromatic heterocycles. The second-order valence-corrected chi connectivity index (χ2v) is 5.80. The maximum absolute atomic E-state index is 10.8. The van der Waals surface area contributed by atoms with Crippen LogP contribution < -0.4 is 4.74 Å². The molecule has 0 bridgehead atoms. The number of furan rings is 1. The van der Waals surface area contributed by atoms with E-state index in [9.17, 15) is 25.2 Å². The van der Waals surface area contributed by atoms with E-state index in [-0.39, 0.29) is 5.75 Å². The number of fused-ring (bicyclic) bond motifs is 1. The summed E-state index contributed by atoms with van der Waals surface area (Å²) < 4.78 is 16.3. The molecule has 0 unspecified atom stereocenters. The van der Waals surface area contributed by atoms with Gasteiger partial charge < -0.3 is 39.4 Å². The van der Waals surface area contributed by atoms with Crippen LogP contribution in [0.25, 0.3) is 17.0 Å². The third-order valence-electron chi connectivity index (χ3n) is 4.10. The summed E-state index contributed by atoms with van der Waals surface area (Å²) in [6.07, 6.45) is -3.59. The number of aliphatic carboxylic acids is 1. The van der Waals surface area contributed by atoms with Gasteiger partial charge in [-0.15, -0.1) is 0 Å². The van der Waals surface area contributed by atoms with E-state index in [1.165, 1.54) is 12.3 Å². The zero-order valence-corrected chi connectivity index (χ0v) is 13.4. The van der Waals surface area contributed by atoms with Crippen LogP contribution in [0.5, 0.6) is 5.75 Å². The predicted molar refractivity (Wildman–Crippen MR) is 87.3 cm³/mol. The number of rotatable bonds is 5. The molecular weight excluding hydrogens is 348 g/mol. The number of hydrogen-bond acceptors (Lipinski definition) is 8. The second-order valence-electron chi connectivity index (χ2n) is 5.80. The molecule has 5 N–H and O–H groups in total. The molecule has 0 spiro atoms. The zero-order valence-electron chi connectivity index (χ0n) is 13.4. The molecule has 2 aromatic rings. The molecule has 2 heterocycles. The summed E-state index contributed by atoms with van der Waals surface area (Å²) in [7, 11) is 0. The van der Waals surface area contributed by atoms with Crippen molar-refractivity contribution in [2.45, 2.75) is 30.7 Å².